The van der Waals surface area contributed by atoms with E-state index in [0.717, 1.165) is 12.8 Å². The van der Waals surface area contributed by atoms with Crippen LogP contribution in [0.2, 0.25) is 0 Å². The van der Waals surface area contributed by atoms with E-state index in [2.05, 4.69) is 0 Å². The number of piperidine rings is 1. The van der Waals surface area contributed by atoms with Gasteiger partial charge in [-0.3, -0.25) is 4.90 Å². The molecule has 1 heterocycles. The van der Waals surface area contributed by atoms with Crippen LogP contribution in [0, 0.1) is 5.41 Å². The lowest BCUT2D eigenvalue weighted by atomic mass is 9.77. The number of nitrogens with zero attached hydrogens (tertiary/aromatic N) is 1. The van der Waals surface area contributed by atoms with Crippen LogP contribution >= 0.6 is 0 Å². The lowest BCUT2D eigenvalue weighted by Gasteiger charge is -2.42. The lowest BCUT2D eigenvalue weighted by Crippen LogP contribution is -2.54. The molecule has 1 aliphatic heterocycles. The first-order chi connectivity index (χ1) is 7.97. The topological polar surface area (TPSA) is 29.3 Å². The molecule has 1 saturated carbocycles. The van der Waals surface area contributed by atoms with Crippen LogP contribution in [0.1, 0.15) is 38.5 Å². The summed E-state index contributed by atoms with van der Waals surface area (Å²) in [6.07, 6.45) is 2.56. The third-order valence-electron chi connectivity index (χ3n) is 4.56. The molecule has 1 aliphatic carbocycles. The first-order valence-electron chi connectivity index (χ1n) is 6.48. The van der Waals surface area contributed by atoms with E-state index in [9.17, 15) is 13.2 Å². The third-order valence-corrected chi connectivity index (χ3v) is 4.56. The molecular formula is C12H21F3N2. The molecule has 1 spiro atoms. The van der Waals surface area contributed by atoms with Crippen molar-refractivity contribution in [3.8, 4) is 0 Å². The van der Waals surface area contributed by atoms with Crippen LogP contribution in [0.5, 0.6) is 0 Å². The maximum atomic E-state index is 12.8. The summed E-state index contributed by atoms with van der Waals surface area (Å²) in [6, 6.07) is -1.44. The van der Waals surface area contributed by atoms with Gasteiger partial charge in [-0.25, -0.2) is 0 Å². The van der Waals surface area contributed by atoms with Crippen LogP contribution in [-0.2, 0) is 0 Å². The minimum absolute atomic E-state index is 0.323. The van der Waals surface area contributed by atoms with E-state index < -0.39 is 12.2 Å². The summed E-state index contributed by atoms with van der Waals surface area (Å²) >= 11 is 0. The Bertz CT molecular complexity index is 249. The zero-order valence-electron chi connectivity index (χ0n) is 10.1. The molecule has 1 saturated heterocycles. The summed E-state index contributed by atoms with van der Waals surface area (Å²) in [7, 11) is 0. The number of alkyl halides is 3. The van der Waals surface area contributed by atoms with Crippen molar-refractivity contribution in [1.82, 2.24) is 4.90 Å². The van der Waals surface area contributed by atoms with Gasteiger partial charge in [-0.15, -0.1) is 0 Å². The van der Waals surface area contributed by atoms with E-state index in [4.69, 9.17) is 5.73 Å². The van der Waals surface area contributed by atoms with Crippen molar-refractivity contribution < 1.29 is 13.2 Å². The highest BCUT2D eigenvalue weighted by atomic mass is 19.4. The van der Waals surface area contributed by atoms with E-state index in [1.165, 1.54) is 30.6 Å². The number of hydrogen-bond acceptors (Lipinski definition) is 2. The first kappa shape index (κ1) is 13.1. The fraction of sp³-hybridized carbons (Fsp3) is 1.00. The summed E-state index contributed by atoms with van der Waals surface area (Å²) < 4.78 is 38.3. The average molecular weight is 250 g/mol. The van der Waals surface area contributed by atoms with Gasteiger partial charge >= 0.3 is 6.18 Å². The van der Waals surface area contributed by atoms with Crippen molar-refractivity contribution in [3.63, 3.8) is 0 Å². The van der Waals surface area contributed by atoms with Crippen LogP contribution in [0.25, 0.3) is 0 Å². The van der Waals surface area contributed by atoms with E-state index in [1.54, 1.807) is 0 Å². The van der Waals surface area contributed by atoms with Gasteiger partial charge in [0.15, 0.2) is 0 Å². The Morgan fingerprint density at radius 1 is 1.06 bits per heavy atom. The van der Waals surface area contributed by atoms with Gasteiger partial charge in [0.05, 0.1) is 0 Å². The normalized spacial score (nSPS) is 27.5. The molecule has 2 nitrogen and oxygen atoms in total. The smallest absolute Gasteiger partial charge is 0.329 e. The fourth-order valence-corrected chi connectivity index (χ4v) is 3.42. The number of halogens is 3. The molecule has 0 aromatic rings. The van der Waals surface area contributed by atoms with Gasteiger partial charge in [0, 0.05) is 6.54 Å². The molecule has 2 N–H and O–H groups in total. The van der Waals surface area contributed by atoms with Crippen molar-refractivity contribution in [2.75, 3.05) is 19.6 Å². The Morgan fingerprint density at radius 3 is 2.00 bits per heavy atom. The standard InChI is InChI=1S/C12H21F3N2/c13-12(14,15)10(9-16)17-7-5-11(6-8-17)3-1-2-4-11/h10H,1-9,16H2. The predicted molar refractivity (Wildman–Crippen MR) is 60.6 cm³/mol. The maximum absolute atomic E-state index is 12.8. The number of likely N-dealkylation sites (tertiary alicyclic amines) is 1. The second-order valence-corrected chi connectivity index (χ2v) is 5.54. The van der Waals surface area contributed by atoms with Crippen LogP contribution in [0.4, 0.5) is 13.2 Å². The van der Waals surface area contributed by atoms with Gasteiger partial charge in [-0.2, -0.15) is 13.2 Å². The molecule has 0 amide bonds. The van der Waals surface area contributed by atoms with Crippen LogP contribution in [-0.4, -0.2) is 36.8 Å². The van der Waals surface area contributed by atoms with Crippen molar-refractivity contribution in [2.45, 2.75) is 50.7 Å². The van der Waals surface area contributed by atoms with Crippen LogP contribution < -0.4 is 5.73 Å². The summed E-state index contributed by atoms with van der Waals surface area (Å²) in [4.78, 5) is 1.53. The molecular weight excluding hydrogens is 229 g/mol. The number of rotatable bonds is 2. The molecule has 2 rings (SSSR count). The van der Waals surface area contributed by atoms with Gasteiger partial charge in [0.2, 0.25) is 0 Å². The SMILES string of the molecule is NCC(N1CCC2(CCCC2)CC1)C(F)(F)F. The van der Waals surface area contributed by atoms with E-state index in [1.807, 2.05) is 0 Å². The Labute approximate surface area is 100 Å². The Balaban J connectivity index is 1.93. The average Bonchev–Trinajstić information content (AvgIpc) is 2.69. The monoisotopic (exact) mass is 250 g/mol. The first-order valence-corrected chi connectivity index (χ1v) is 6.48. The molecule has 2 fully saturated rings. The van der Waals surface area contributed by atoms with Crippen molar-refractivity contribution >= 4 is 0 Å². The molecule has 0 bridgehead atoms. The molecule has 1 unspecified atom stereocenters. The van der Waals surface area contributed by atoms with E-state index in [-0.39, 0.29) is 6.54 Å². The van der Waals surface area contributed by atoms with E-state index >= 15 is 0 Å². The number of hydrogen-bond donors (Lipinski definition) is 1. The highest BCUT2D eigenvalue weighted by molar-refractivity contribution is 4.92. The van der Waals surface area contributed by atoms with Gasteiger partial charge in [0.1, 0.15) is 6.04 Å². The molecule has 0 radical (unpaired) electrons. The molecule has 1 atom stereocenters. The molecule has 17 heavy (non-hydrogen) atoms. The second-order valence-electron chi connectivity index (χ2n) is 5.54. The minimum Gasteiger partial charge on any atom is -0.329 e. The largest absolute Gasteiger partial charge is 0.405 e. The molecule has 5 heteroatoms. The fourth-order valence-electron chi connectivity index (χ4n) is 3.42. The number of nitrogens with two attached hydrogens (primary N) is 1. The molecule has 2 aliphatic rings. The molecule has 0 aromatic carbocycles. The van der Waals surface area contributed by atoms with Crippen LogP contribution in [0.15, 0.2) is 0 Å². The quantitative estimate of drug-likeness (QED) is 0.816. The Kier molecular flexibility index (Phi) is 3.69. The third kappa shape index (κ3) is 2.76. The van der Waals surface area contributed by atoms with Crippen LogP contribution in [0.3, 0.4) is 0 Å². The van der Waals surface area contributed by atoms with Gasteiger partial charge in [0.25, 0.3) is 0 Å². The van der Waals surface area contributed by atoms with Gasteiger partial charge in [-0.05, 0) is 44.2 Å². The summed E-state index contributed by atoms with van der Waals surface area (Å²) in [5, 5.41) is 0. The maximum Gasteiger partial charge on any atom is 0.405 e. The minimum atomic E-state index is -4.19. The van der Waals surface area contributed by atoms with Gasteiger partial charge < -0.3 is 5.73 Å². The van der Waals surface area contributed by atoms with Crippen molar-refractivity contribution in [1.29, 1.82) is 0 Å². The Hall–Kier alpha value is -0.290. The zero-order chi connectivity index (χ0) is 12.5. The predicted octanol–water partition coefficient (Wildman–Crippen LogP) is 2.53. The highest BCUT2D eigenvalue weighted by Crippen LogP contribution is 2.46. The van der Waals surface area contributed by atoms with E-state index in [0.29, 0.717) is 18.5 Å². The van der Waals surface area contributed by atoms with Gasteiger partial charge in [-0.1, -0.05) is 12.8 Å². The summed E-state index contributed by atoms with van der Waals surface area (Å²) in [6.45, 7) is 0.791. The summed E-state index contributed by atoms with van der Waals surface area (Å²) in [5.41, 5.74) is 5.64. The second kappa shape index (κ2) is 4.76. The zero-order valence-corrected chi connectivity index (χ0v) is 10.1. The lowest BCUT2D eigenvalue weighted by molar-refractivity contribution is -0.186. The van der Waals surface area contributed by atoms with Crippen molar-refractivity contribution in [2.24, 2.45) is 11.1 Å². The molecule has 0 aromatic heterocycles. The summed E-state index contributed by atoms with van der Waals surface area (Å²) in [5.74, 6) is 0. The Morgan fingerprint density at radius 2 is 1.59 bits per heavy atom. The highest BCUT2D eigenvalue weighted by Gasteiger charge is 2.46. The molecule has 100 valence electrons. The van der Waals surface area contributed by atoms with Crippen molar-refractivity contribution in [3.05, 3.63) is 0 Å².